The molecule has 70 heavy (non-hydrogen) atoms. The van der Waals surface area contributed by atoms with Crippen molar-refractivity contribution < 1.29 is 4.42 Å². The number of anilines is 3. The third-order valence-corrected chi connectivity index (χ3v) is 15.2. The molecule has 2 aromatic heterocycles. The fraction of sp³-hybridized carbons (Fsp3) is 0.0149. The highest BCUT2D eigenvalue weighted by molar-refractivity contribution is 6.13. The second-order valence-electron chi connectivity index (χ2n) is 18.7. The van der Waals surface area contributed by atoms with E-state index in [0.29, 0.717) is 0 Å². The fourth-order valence-corrected chi connectivity index (χ4v) is 12.3. The molecule has 2 aliphatic rings. The molecular formula is C67H42N2O. The van der Waals surface area contributed by atoms with E-state index in [4.69, 9.17) is 4.42 Å². The van der Waals surface area contributed by atoms with Gasteiger partial charge in [-0.1, -0.05) is 182 Å². The predicted octanol–water partition coefficient (Wildman–Crippen LogP) is 17.8. The van der Waals surface area contributed by atoms with Crippen LogP contribution in [0.1, 0.15) is 22.3 Å². The Morgan fingerprint density at radius 2 is 0.886 bits per heavy atom. The summed E-state index contributed by atoms with van der Waals surface area (Å²) in [5.41, 5.74) is 23.2. The van der Waals surface area contributed by atoms with Crippen LogP contribution in [-0.2, 0) is 5.41 Å². The van der Waals surface area contributed by atoms with E-state index >= 15 is 0 Å². The van der Waals surface area contributed by atoms with Gasteiger partial charge in [0.1, 0.15) is 11.2 Å². The number of furan rings is 1. The summed E-state index contributed by atoms with van der Waals surface area (Å²) in [6, 6.07) is 93.7. The van der Waals surface area contributed by atoms with Crippen molar-refractivity contribution in [1.82, 2.24) is 4.57 Å². The highest BCUT2D eigenvalue weighted by Crippen LogP contribution is 2.64. The molecule has 0 unspecified atom stereocenters. The minimum Gasteiger partial charge on any atom is -0.456 e. The molecule has 0 atom stereocenters. The van der Waals surface area contributed by atoms with Gasteiger partial charge in [0.15, 0.2) is 0 Å². The van der Waals surface area contributed by atoms with E-state index < -0.39 is 5.41 Å². The minimum atomic E-state index is -0.464. The number of nitrogens with zero attached hydrogens (tertiary/aromatic N) is 2. The minimum absolute atomic E-state index is 0.464. The van der Waals surface area contributed by atoms with E-state index in [9.17, 15) is 0 Å². The van der Waals surface area contributed by atoms with E-state index in [-0.39, 0.29) is 0 Å². The number of hydrogen-bond donors (Lipinski definition) is 0. The van der Waals surface area contributed by atoms with Gasteiger partial charge in [-0.15, -0.1) is 0 Å². The SMILES string of the molecule is c1ccc(-c2ccc(N(c3ccc4c5cc(-c6ccc7oc8ccccc8c7c6)ccc5n(-c5ccccc5)c4c3)c3cccc4c3-c3ccccc3C43c4ccccc4-c4ccccc43)cc2)cc1. The summed E-state index contributed by atoms with van der Waals surface area (Å²) in [7, 11) is 0. The predicted molar refractivity (Wildman–Crippen MR) is 290 cm³/mol. The van der Waals surface area contributed by atoms with Crippen molar-refractivity contribution in [1.29, 1.82) is 0 Å². The average Bonchev–Trinajstić information content (AvgIpc) is 4.15. The molecule has 0 bridgehead atoms. The number of para-hydroxylation sites is 2. The molecule has 3 heteroatoms. The molecule has 0 radical (unpaired) electrons. The summed E-state index contributed by atoms with van der Waals surface area (Å²) in [6.45, 7) is 0. The first kappa shape index (κ1) is 38.9. The monoisotopic (exact) mass is 890 g/mol. The maximum Gasteiger partial charge on any atom is 0.135 e. The first-order valence-electron chi connectivity index (χ1n) is 24.2. The number of aromatic nitrogens is 1. The molecule has 13 aromatic rings. The Hall–Kier alpha value is -9.18. The normalized spacial score (nSPS) is 13.0. The zero-order chi connectivity index (χ0) is 45.9. The smallest absolute Gasteiger partial charge is 0.135 e. The van der Waals surface area contributed by atoms with Gasteiger partial charge < -0.3 is 13.9 Å². The van der Waals surface area contributed by atoms with Crippen LogP contribution in [0.3, 0.4) is 0 Å². The average molecular weight is 891 g/mol. The summed E-state index contributed by atoms with van der Waals surface area (Å²) in [4.78, 5) is 2.50. The van der Waals surface area contributed by atoms with Gasteiger partial charge in [-0.3, -0.25) is 0 Å². The maximum atomic E-state index is 6.23. The molecule has 0 N–H and O–H groups in total. The van der Waals surface area contributed by atoms with E-state index in [1.54, 1.807) is 0 Å². The lowest BCUT2D eigenvalue weighted by Crippen LogP contribution is -2.26. The van der Waals surface area contributed by atoms with Crippen molar-refractivity contribution in [3.8, 4) is 50.2 Å². The quantitative estimate of drug-likeness (QED) is 0.166. The van der Waals surface area contributed by atoms with E-state index in [2.05, 4.69) is 252 Å². The third kappa shape index (κ3) is 5.46. The number of fused-ring (bicyclic) bond motifs is 16. The van der Waals surface area contributed by atoms with Gasteiger partial charge >= 0.3 is 0 Å². The highest BCUT2D eigenvalue weighted by atomic mass is 16.3. The Bertz CT molecular complexity index is 4190. The van der Waals surface area contributed by atoms with Crippen molar-refractivity contribution in [3.05, 3.63) is 277 Å². The molecule has 326 valence electrons. The van der Waals surface area contributed by atoms with Crippen molar-refractivity contribution in [2.24, 2.45) is 0 Å². The van der Waals surface area contributed by atoms with Crippen LogP contribution in [0.15, 0.2) is 259 Å². The van der Waals surface area contributed by atoms with E-state index in [1.807, 2.05) is 12.1 Å². The Labute approximate surface area is 405 Å². The molecule has 0 amide bonds. The summed E-state index contributed by atoms with van der Waals surface area (Å²) in [5, 5.41) is 4.66. The molecule has 0 aliphatic heterocycles. The van der Waals surface area contributed by atoms with Crippen LogP contribution in [-0.4, -0.2) is 4.57 Å². The molecule has 3 nitrogen and oxygen atoms in total. The molecule has 0 fully saturated rings. The highest BCUT2D eigenvalue weighted by Gasteiger charge is 2.52. The Morgan fingerprint density at radius 1 is 0.329 bits per heavy atom. The first-order chi connectivity index (χ1) is 34.7. The maximum absolute atomic E-state index is 6.23. The summed E-state index contributed by atoms with van der Waals surface area (Å²) < 4.78 is 8.67. The molecule has 1 spiro atoms. The fourth-order valence-electron chi connectivity index (χ4n) is 12.3. The third-order valence-electron chi connectivity index (χ3n) is 15.2. The van der Waals surface area contributed by atoms with Gasteiger partial charge in [0.05, 0.1) is 22.1 Å². The van der Waals surface area contributed by atoms with Crippen molar-refractivity contribution >= 4 is 60.8 Å². The van der Waals surface area contributed by atoms with Crippen LogP contribution < -0.4 is 4.90 Å². The lowest BCUT2D eigenvalue weighted by atomic mass is 9.70. The molecule has 15 rings (SSSR count). The van der Waals surface area contributed by atoms with Crippen LogP contribution in [0.5, 0.6) is 0 Å². The van der Waals surface area contributed by atoms with Crippen LogP contribution in [0.2, 0.25) is 0 Å². The van der Waals surface area contributed by atoms with Gasteiger partial charge in [0.25, 0.3) is 0 Å². The summed E-state index contributed by atoms with van der Waals surface area (Å²) in [5.74, 6) is 0. The topological polar surface area (TPSA) is 21.3 Å². The number of benzene rings is 11. The second kappa shape index (κ2) is 14.9. The van der Waals surface area contributed by atoms with Gasteiger partial charge in [-0.05, 0) is 134 Å². The van der Waals surface area contributed by atoms with E-state index in [1.165, 1.54) is 72.0 Å². The van der Waals surface area contributed by atoms with Crippen molar-refractivity contribution in [2.45, 2.75) is 5.41 Å². The molecule has 0 saturated heterocycles. The van der Waals surface area contributed by atoms with Gasteiger partial charge in [-0.2, -0.15) is 0 Å². The number of hydrogen-bond acceptors (Lipinski definition) is 2. The standard InChI is InChI=1S/C67H42N2O/c1-3-16-43(17-4-1)44-30-34-48(35-31-44)68(62-28-15-27-60-66(62)54-23-9-13-26-59(54)67(60)57-24-11-7-20-50(57)51-21-8-12-25-58(51)67)49-36-37-52-55-40-45(32-38-61(55)69(63(52)42-49)47-18-5-2-6-19-47)46-33-39-65-56(41-46)53-22-10-14-29-64(53)70-65/h1-42H. The summed E-state index contributed by atoms with van der Waals surface area (Å²) >= 11 is 0. The largest absolute Gasteiger partial charge is 0.456 e. The van der Waals surface area contributed by atoms with Gasteiger partial charge in [0, 0.05) is 44.2 Å². The number of rotatable bonds is 6. The van der Waals surface area contributed by atoms with Gasteiger partial charge in [0.2, 0.25) is 0 Å². The first-order valence-corrected chi connectivity index (χ1v) is 24.2. The zero-order valence-electron chi connectivity index (χ0n) is 38.1. The molecule has 2 aliphatic carbocycles. The zero-order valence-corrected chi connectivity index (χ0v) is 38.1. The Balaban J connectivity index is 0.973. The molecular weight excluding hydrogens is 849 g/mol. The van der Waals surface area contributed by atoms with Crippen LogP contribution in [0.4, 0.5) is 17.1 Å². The molecule has 2 heterocycles. The molecule has 11 aromatic carbocycles. The van der Waals surface area contributed by atoms with E-state index in [0.717, 1.165) is 61.3 Å². The second-order valence-corrected chi connectivity index (χ2v) is 18.7. The lowest BCUT2D eigenvalue weighted by Gasteiger charge is -2.32. The Morgan fingerprint density at radius 3 is 1.64 bits per heavy atom. The molecule has 0 saturated carbocycles. The van der Waals surface area contributed by atoms with Crippen LogP contribution in [0.25, 0.3) is 93.9 Å². The van der Waals surface area contributed by atoms with Crippen molar-refractivity contribution in [3.63, 3.8) is 0 Å². The van der Waals surface area contributed by atoms with Crippen LogP contribution >= 0.6 is 0 Å². The van der Waals surface area contributed by atoms with Crippen LogP contribution in [0, 0.1) is 0 Å². The van der Waals surface area contributed by atoms with Crippen molar-refractivity contribution in [2.75, 3.05) is 4.90 Å². The lowest BCUT2D eigenvalue weighted by molar-refractivity contribution is 0.669. The summed E-state index contributed by atoms with van der Waals surface area (Å²) in [6.07, 6.45) is 0. The Kier molecular flexibility index (Phi) is 8.28. The van der Waals surface area contributed by atoms with Gasteiger partial charge in [-0.25, -0.2) is 0 Å².